The van der Waals surface area contributed by atoms with Crippen LogP contribution in [0.15, 0.2) is 65.9 Å². The van der Waals surface area contributed by atoms with Gasteiger partial charge >= 0.3 is 5.97 Å². The summed E-state index contributed by atoms with van der Waals surface area (Å²) < 4.78 is 11.9. The van der Waals surface area contributed by atoms with E-state index in [1.54, 1.807) is 0 Å². The lowest BCUT2D eigenvalue weighted by Gasteiger charge is -2.56. The van der Waals surface area contributed by atoms with Crippen LogP contribution in [-0.2, 0) is 31.0 Å². The fourth-order valence-corrected chi connectivity index (χ4v) is 8.00. The molecule has 0 unspecified atom stereocenters. The maximum absolute atomic E-state index is 13.6. The summed E-state index contributed by atoms with van der Waals surface area (Å²) in [6.07, 6.45) is 5.18. The van der Waals surface area contributed by atoms with Gasteiger partial charge in [0.1, 0.15) is 0 Å². The Morgan fingerprint density at radius 1 is 1.13 bits per heavy atom. The molecular formula is C30H32N2O4S2. The van der Waals surface area contributed by atoms with Gasteiger partial charge in [-0.25, -0.2) is 4.79 Å². The minimum atomic E-state index is -0.469. The molecule has 0 aromatic heterocycles. The normalized spacial score (nSPS) is 27.1. The topological polar surface area (TPSA) is 59.1 Å². The Morgan fingerprint density at radius 2 is 1.89 bits per heavy atom. The van der Waals surface area contributed by atoms with E-state index in [0.717, 1.165) is 36.2 Å². The first-order valence-electron chi connectivity index (χ1n) is 13.2. The molecule has 0 radical (unpaired) electrons. The Labute approximate surface area is 233 Å². The number of benzene rings is 2. The van der Waals surface area contributed by atoms with Crippen molar-refractivity contribution < 1.29 is 19.1 Å². The highest BCUT2D eigenvalue weighted by Crippen LogP contribution is 2.67. The van der Waals surface area contributed by atoms with E-state index in [1.807, 2.05) is 24.5 Å². The predicted octanol–water partition coefficient (Wildman–Crippen LogP) is 5.21. The third-order valence-corrected chi connectivity index (χ3v) is 10.1. The molecule has 2 aromatic rings. The second-order valence-electron chi connectivity index (χ2n) is 10.7. The molecule has 1 aliphatic carbocycles. The maximum atomic E-state index is 13.6. The van der Waals surface area contributed by atoms with Gasteiger partial charge in [-0.15, -0.1) is 0 Å². The van der Waals surface area contributed by atoms with Crippen LogP contribution in [0.5, 0.6) is 0 Å². The van der Waals surface area contributed by atoms with Crippen LogP contribution in [0.25, 0.3) is 0 Å². The number of carbonyl (C=O) groups is 2. The number of nitrogens with zero attached hydrogens (tertiary/aromatic N) is 2. The average Bonchev–Trinajstić information content (AvgIpc) is 3.49. The summed E-state index contributed by atoms with van der Waals surface area (Å²) in [6, 6.07) is 18.8. The molecule has 3 heterocycles. The molecular weight excluding hydrogens is 516 g/mol. The largest absolute Gasteiger partial charge is 0.479 e. The second kappa shape index (κ2) is 9.72. The molecule has 6 rings (SSSR count). The van der Waals surface area contributed by atoms with Gasteiger partial charge in [0, 0.05) is 36.3 Å². The first-order valence-corrected chi connectivity index (χ1v) is 14.8. The lowest BCUT2D eigenvalue weighted by Crippen LogP contribution is -2.62. The molecule has 3 atom stereocenters. The third-order valence-electron chi connectivity index (χ3n) is 9.05. The number of methoxy groups -OCH3 is 1. The zero-order chi connectivity index (χ0) is 26.5. The second-order valence-corrected chi connectivity index (χ2v) is 12.1. The number of hydrogen-bond acceptors (Lipinski definition) is 7. The molecule has 198 valence electrons. The van der Waals surface area contributed by atoms with Gasteiger partial charge in [0.25, 0.3) is 0 Å². The summed E-state index contributed by atoms with van der Waals surface area (Å²) >= 11 is 6.74. The number of ether oxygens (including phenoxy) is 2. The fraction of sp³-hybridized carbons (Fsp3) is 0.433. The highest BCUT2D eigenvalue weighted by atomic mass is 32.2. The van der Waals surface area contributed by atoms with Crippen molar-refractivity contribution in [3.8, 4) is 0 Å². The van der Waals surface area contributed by atoms with E-state index in [0.29, 0.717) is 36.9 Å². The number of para-hydroxylation sites is 1. The molecule has 0 bridgehead atoms. The fourth-order valence-electron chi connectivity index (χ4n) is 7.71. The Balaban J connectivity index is 1.56. The molecule has 1 amide bonds. The Bertz CT molecular complexity index is 1330. The summed E-state index contributed by atoms with van der Waals surface area (Å²) in [5.41, 5.74) is 4.47. The molecule has 2 fully saturated rings. The zero-order valence-corrected chi connectivity index (χ0v) is 23.4. The van der Waals surface area contributed by atoms with Crippen LogP contribution in [0.2, 0.25) is 0 Å². The van der Waals surface area contributed by atoms with Crippen LogP contribution in [0.1, 0.15) is 43.2 Å². The van der Waals surface area contributed by atoms with E-state index in [2.05, 4.69) is 46.2 Å². The summed E-state index contributed by atoms with van der Waals surface area (Å²) in [4.78, 5) is 31.4. The monoisotopic (exact) mass is 548 g/mol. The average molecular weight is 549 g/mol. The number of anilines is 1. The standard InChI is InChI=1S/C30H32N2O4S2/c1-35-26(34)21-18-29(15-17-36-28(37)38-2)13-12-24(33)31-16-14-30(27(29)31)22-10-6-7-11-23(22)32(25(21)30)19-20-8-4-3-5-9-20/h3-11,27H,12-19H2,1-2H3/t27-,29+,30-/m0/s1. The number of amides is 1. The molecule has 2 saturated heterocycles. The zero-order valence-electron chi connectivity index (χ0n) is 21.8. The van der Waals surface area contributed by atoms with Crippen molar-refractivity contribution in [3.63, 3.8) is 0 Å². The minimum Gasteiger partial charge on any atom is -0.479 e. The van der Waals surface area contributed by atoms with Gasteiger partial charge in [0.15, 0.2) is 0 Å². The SMILES string of the molecule is COC(=O)C1=C2N(Cc3ccccc3)c3ccccc3[C@@]23CCN2C(=O)CC[C@@](CCOC(=S)SC)(C1)[C@H]23. The summed E-state index contributed by atoms with van der Waals surface area (Å²) in [6.45, 7) is 1.79. The van der Waals surface area contributed by atoms with Gasteiger partial charge in [0.2, 0.25) is 10.3 Å². The highest BCUT2D eigenvalue weighted by Gasteiger charge is 2.69. The van der Waals surface area contributed by atoms with E-state index in [1.165, 1.54) is 30.0 Å². The number of rotatable bonds is 6. The summed E-state index contributed by atoms with van der Waals surface area (Å²) in [5.74, 6) is -0.0677. The summed E-state index contributed by atoms with van der Waals surface area (Å²) in [7, 11) is 1.47. The number of hydrogen-bond donors (Lipinski definition) is 0. The Morgan fingerprint density at radius 3 is 2.66 bits per heavy atom. The van der Waals surface area contributed by atoms with Gasteiger partial charge in [-0.05, 0) is 61.4 Å². The lowest BCUT2D eigenvalue weighted by atomic mass is 9.53. The smallest absolute Gasteiger partial charge is 0.335 e. The van der Waals surface area contributed by atoms with Crippen LogP contribution in [-0.4, -0.2) is 53.7 Å². The Kier molecular flexibility index (Phi) is 6.51. The van der Waals surface area contributed by atoms with Crippen molar-refractivity contribution in [2.24, 2.45) is 5.41 Å². The van der Waals surface area contributed by atoms with Gasteiger partial charge < -0.3 is 19.3 Å². The van der Waals surface area contributed by atoms with E-state index in [9.17, 15) is 9.59 Å². The van der Waals surface area contributed by atoms with Crippen molar-refractivity contribution in [2.45, 2.75) is 50.1 Å². The molecule has 0 N–H and O–H groups in total. The van der Waals surface area contributed by atoms with Crippen molar-refractivity contribution in [3.05, 3.63) is 77.0 Å². The number of fused-ring (bicyclic) bond motifs is 1. The molecule has 2 aromatic carbocycles. The lowest BCUT2D eigenvalue weighted by molar-refractivity contribution is -0.144. The first-order chi connectivity index (χ1) is 18.4. The Hall–Kier alpha value is -2.84. The van der Waals surface area contributed by atoms with E-state index in [-0.39, 0.29) is 23.3 Å². The van der Waals surface area contributed by atoms with Crippen LogP contribution in [0, 0.1) is 5.41 Å². The number of thioether (sulfide) groups is 1. The molecule has 4 aliphatic rings. The summed E-state index contributed by atoms with van der Waals surface area (Å²) in [5, 5.41) is 0. The van der Waals surface area contributed by atoms with Crippen LogP contribution in [0.4, 0.5) is 5.69 Å². The third kappa shape index (κ3) is 3.71. The predicted molar refractivity (Wildman–Crippen MR) is 153 cm³/mol. The van der Waals surface area contributed by atoms with Gasteiger partial charge in [-0.2, -0.15) is 0 Å². The van der Waals surface area contributed by atoms with Gasteiger partial charge in [0.05, 0.1) is 30.7 Å². The quantitative estimate of drug-likeness (QED) is 0.363. The van der Waals surface area contributed by atoms with Gasteiger partial charge in [-0.1, -0.05) is 60.3 Å². The first kappa shape index (κ1) is 25.4. The van der Waals surface area contributed by atoms with Crippen molar-refractivity contribution in [1.29, 1.82) is 0 Å². The highest BCUT2D eigenvalue weighted by molar-refractivity contribution is 8.22. The maximum Gasteiger partial charge on any atom is 0.335 e. The molecule has 3 aliphatic heterocycles. The van der Waals surface area contributed by atoms with Crippen LogP contribution >= 0.6 is 24.0 Å². The number of piperidine rings is 1. The van der Waals surface area contributed by atoms with E-state index >= 15 is 0 Å². The van der Waals surface area contributed by atoms with E-state index in [4.69, 9.17) is 21.7 Å². The molecule has 38 heavy (non-hydrogen) atoms. The minimum absolute atomic E-state index is 0.0481. The van der Waals surface area contributed by atoms with Crippen molar-refractivity contribution in [1.82, 2.24) is 4.90 Å². The van der Waals surface area contributed by atoms with Crippen molar-refractivity contribution >= 4 is 45.9 Å². The van der Waals surface area contributed by atoms with Crippen LogP contribution < -0.4 is 4.90 Å². The molecule has 6 nitrogen and oxygen atoms in total. The molecule has 8 heteroatoms. The van der Waals surface area contributed by atoms with Gasteiger partial charge in [-0.3, -0.25) is 4.79 Å². The molecule has 0 saturated carbocycles. The molecule has 1 spiro atoms. The van der Waals surface area contributed by atoms with Crippen molar-refractivity contribution in [2.75, 3.05) is 31.4 Å². The number of thiocarbonyl (C=S) groups is 1. The number of esters is 1. The number of carbonyl (C=O) groups excluding carboxylic acids is 2. The van der Waals surface area contributed by atoms with E-state index < -0.39 is 5.41 Å². The van der Waals surface area contributed by atoms with Crippen LogP contribution in [0.3, 0.4) is 0 Å².